The number of benzene rings is 2. The molecule has 0 bridgehead atoms. The Balaban J connectivity index is 2.10. The number of rotatable bonds is 6. The second kappa shape index (κ2) is 8.53. The number of hydrogen-bond donors (Lipinski definition) is 2. The quantitative estimate of drug-likeness (QED) is 0.567. The second-order valence-electron chi connectivity index (χ2n) is 5.85. The van der Waals surface area contributed by atoms with Crippen molar-refractivity contribution in [1.82, 2.24) is 5.32 Å². The monoisotopic (exact) mass is 360 g/mol. The summed E-state index contributed by atoms with van der Waals surface area (Å²) in [6.45, 7) is 5.98. The maximum Gasteiger partial charge on any atom is 0.405 e. The predicted octanol–water partition coefficient (Wildman–Crippen LogP) is 4.92. The molecule has 2 rings (SSSR count). The molecule has 1 amide bonds. The fraction of sp³-hybridized carbons (Fsp3) is 0.263. The lowest BCUT2D eigenvalue weighted by Gasteiger charge is -2.15. The molecule has 0 saturated heterocycles. The smallest absolute Gasteiger partial charge is 0.405 e. The first-order chi connectivity index (χ1) is 11.9. The minimum absolute atomic E-state index is 0.385. The van der Waals surface area contributed by atoms with E-state index in [1.165, 1.54) is 5.56 Å². The highest BCUT2D eigenvalue weighted by Gasteiger charge is 2.13. The van der Waals surface area contributed by atoms with E-state index in [4.69, 9.17) is 21.5 Å². The summed E-state index contributed by atoms with van der Waals surface area (Å²) < 4.78 is 0. The first-order valence-electron chi connectivity index (χ1n) is 7.88. The van der Waals surface area contributed by atoms with Crippen molar-refractivity contribution < 1.29 is 14.7 Å². The Bertz CT molecular complexity index is 790. The number of nitrogens with zero attached hydrogens (tertiary/aromatic N) is 1. The molecule has 0 aromatic heterocycles. The number of amides is 1. The summed E-state index contributed by atoms with van der Waals surface area (Å²) in [6, 6.07) is 13.0. The van der Waals surface area contributed by atoms with Gasteiger partial charge >= 0.3 is 6.09 Å². The summed E-state index contributed by atoms with van der Waals surface area (Å²) in [6.07, 6.45) is -1.10. The van der Waals surface area contributed by atoms with Crippen LogP contribution in [0.4, 0.5) is 4.79 Å². The summed E-state index contributed by atoms with van der Waals surface area (Å²) in [7, 11) is 0. The third-order valence-electron chi connectivity index (χ3n) is 3.74. The van der Waals surface area contributed by atoms with Crippen LogP contribution in [-0.4, -0.2) is 16.9 Å². The molecule has 0 spiro atoms. The SMILES string of the molecule is CC(=NOCc1cccc(C)c1)c1ccc(Cl)c(C(C)NC(=O)O)c1. The first-order valence-corrected chi connectivity index (χ1v) is 8.26. The molecule has 132 valence electrons. The summed E-state index contributed by atoms with van der Waals surface area (Å²) in [5.41, 5.74) is 4.42. The van der Waals surface area contributed by atoms with Crippen LogP contribution in [0.2, 0.25) is 5.02 Å². The molecule has 2 aromatic carbocycles. The van der Waals surface area contributed by atoms with E-state index in [2.05, 4.69) is 10.5 Å². The Kier molecular flexibility index (Phi) is 6.42. The molecular weight excluding hydrogens is 340 g/mol. The normalized spacial score (nSPS) is 12.6. The van der Waals surface area contributed by atoms with Gasteiger partial charge < -0.3 is 15.3 Å². The zero-order valence-electron chi connectivity index (χ0n) is 14.4. The molecule has 0 fully saturated rings. The molecule has 0 aliphatic heterocycles. The zero-order chi connectivity index (χ0) is 18.4. The minimum Gasteiger partial charge on any atom is -0.465 e. The Labute approximate surface area is 152 Å². The number of nitrogens with one attached hydrogen (secondary N) is 1. The molecule has 0 radical (unpaired) electrons. The fourth-order valence-corrected chi connectivity index (χ4v) is 2.70. The maximum absolute atomic E-state index is 10.8. The van der Waals surface area contributed by atoms with E-state index in [0.29, 0.717) is 22.9 Å². The van der Waals surface area contributed by atoms with E-state index in [1.807, 2.05) is 50.2 Å². The predicted molar refractivity (Wildman–Crippen MR) is 99.2 cm³/mol. The van der Waals surface area contributed by atoms with Crippen LogP contribution < -0.4 is 5.32 Å². The lowest BCUT2D eigenvalue weighted by Crippen LogP contribution is -2.24. The molecule has 25 heavy (non-hydrogen) atoms. The first kappa shape index (κ1) is 18.8. The van der Waals surface area contributed by atoms with E-state index in [1.54, 1.807) is 13.0 Å². The molecule has 0 aliphatic carbocycles. The van der Waals surface area contributed by atoms with Crippen molar-refractivity contribution in [2.45, 2.75) is 33.4 Å². The number of carbonyl (C=O) groups is 1. The molecule has 1 atom stereocenters. The Morgan fingerprint density at radius 2 is 2.08 bits per heavy atom. The van der Waals surface area contributed by atoms with Crippen LogP contribution in [0.5, 0.6) is 0 Å². The topological polar surface area (TPSA) is 70.9 Å². The van der Waals surface area contributed by atoms with Crippen molar-refractivity contribution in [3.8, 4) is 0 Å². The van der Waals surface area contributed by atoms with Gasteiger partial charge in [-0.1, -0.05) is 52.7 Å². The Morgan fingerprint density at radius 1 is 1.32 bits per heavy atom. The van der Waals surface area contributed by atoms with Crippen molar-refractivity contribution in [1.29, 1.82) is 0 Å². The molecule has 2 aromatic rings. The molecular formula is C19H21ClN2O3. The van der Waals surface area contributed by atoms with Crippen molar-refractivity contribution in [2.24, 2.45) is 5.16 Å². The van der Waals surface area contributed by atoms with Crippen molar-refractivity contribution in [3.63, 3.8) is 0 Å². The second-order valence-corrected chi connectivity index (χ2v) is 6.25. The van der Waals surface area contributed by atoms with E-state index in [0.717, 1.165) is 11.1 Å². The molecule has 0 saturated carbocycles. The summed E-state index contributed by atoms with van der Waals surface area (Å²) >= 11 is 6.17. The van der Waals surface area contributed by atoms with Gasteiger partial charge in [-0.15, -0.1) is 0 Å². The number of oxime groups is 1. The van der Waals surface area contributed by atoms with Gasteiger partial charge in [0, 0.05) is 5.02 Å². The van der Waals surface area contributed by atoms with Crippen molar-refractivity contribution >= 4 is 23.4 Å². The van der Waals surface area contributed by atoms with Crippen LogP contribution in [0, 0.1) is 6.92 Å². The van der Waals surface area contributed by atoms with Crippen LogP contribution in [0.3, 0.4) is 0 Å². The van der Waals surface area contributed by atoms with Crippen molar-refractivity contribution in [2.75, 3.05) is 0 Å². The molecule has 6 heteroatoms. The minimum atomic E-state index is -1.10. The summed E-state index contributed by atoms with van der Waals surface area (Å²) in [5, 5.41) is 15.9. The largest absolute Gasteiger partial charge is 0.465 e. The number of halogens is 1. The van der Waals surface area contributed by atoms with E-state index in [-0.39, 0.29) is 0 Å². The molecule has 5 nitrogen and oxygen atoms in total. The molecule has 2 N–H and O–H groups in total. The van der Waals surface area contributed by atoms with E-state index < -0.39 is 12.1 Å². The van der Waals surface area contributed by atoms with Crippen LogP contribution in [-0.2, 0) is 11.4 Å². The number of aryl methyl sites for hydroxylation is 1. The highest BCUT2D eigenvalue weighted by molar-refractivity contribution is 6.31. The zero-order valence-corrected chi connectivity index (χ0v) is 15.2. The van der Waals surface area contributed by atoms with Gasteiger partial charge in [0.05, 0.1) is 11.8 Å². The van der Waals surface area contributed by atoms with Gasteiger partial charge in [-0.2, -0.15) is 0 Å². The average Bonchev–Trinajstić information content (AvgIpc) is 2.54. The van der Waals surface area contributed by atoms with Gasteiger partial charge in [0.15, 0.2) is 0 Å². The highest BCUT2D eigenvalue weighted by atomic mass is 35.5. The van der Waals surface area contributed by atoms with Gasteiger partial charge in [0.25, 0.3) is 0 Å². The van der Waals surface area contributed by atoms with Crippen LogP contribution >= 0.6 is 11.6 Å². The van der Waals surface area contributed by atoms with E-state index >= 15 is 0 Å². The third-order valence-corrected chi connectivity index (χ3v) is 4.08. The van der Waals surface area contributed by atoms with Crippen LogP contribution in [0.1, 0.15) is 42.1 Å². The fourth-order valence-electron chi connectivity index (χ4n) is 2.42. The van der Waals surface area contributed by atoms with Gasteiger partial charge in [-0.3, -0.25) is 0 Å². The lowest BCUT2D eigenvalue weighted by molar-refractivity contribution is 0.130. The van der Waals surface area contributed by atoms with Crippen LogP contribution in [0.25, 0.3) is 0 Å². The standard InChI is InChI=1S/C19H21ClN2O3/c1-12-5-4-6-15(9-12)11-25-22-13(2)16-7-8-18(20)17(10-16)14(3)21-19(23)24/h4-10,14,21H,11H2,1-3H3,(H,23,24). The van der Waals surface area contributed by atoms with E-state index in [9.17, 15) is 4.79 Å². The third kappa shape index (κ3) is 5.50. The Hall–Kier alpha value is -2.53. The van der Waals surface area contributed by atoms with Gasteiger partial charge in [0.1, 0.15) is 6.61 Å². The van der Waals surface area contributed by atoms with Gasteiger partial charge in [-0.05, 0) is 49.6 Å². The van der Waals surface area contributed by atoms with Gasteiger partial charge in [-0.25, -0.2) is 4.79 Å². The average molecular weight is 361 g/mol. The molecule has 0 heterocycles. The summed E-state index contributed by atoms with van der Waals surface area (Å²) in [5.74, 6) is 0. The maximum atomic E-state index is 10.8. The molecule has 0 aliphatic rings. The number of carboxylic acid groups (broad SMARTS) is 1. The molecule has 1 unspecified atom stereocenters. The van der Waals surface area contributed by atoms with Crippen LogP contribution in [0.15, 0.2) is 47.6 Å². The lowest BCUT2D eigenvalue weighted by atomic mass is 10.0. The summed E-state index contributed by atoms with van der Waals surface area (Å²) in [4.78, 5) is 16.2. The van der Waals surface area contributed by atoms with Crippen molar-refractivity contribution in [3.05, 3.63) is 69.7 Å². The Morgan fingerprint density at radius 3 is 2.76 bits per heavy atom. The number of hydrogen-bond acceptors (Lipinski definition) is 3. The van der Waals surface area contributed by atoms with Gasteiger partial charge in [0.2, 0.25) is 0 Å². The highest BCUT2D eigenvalue weighted by Crippen LogP contribution is 2.24.